The number of nitrogens with zero attached hydrogens (tertiary/aromatic N) is 1. The van der Waals surface area contributed by atoms with E-state index in [9.17, 15) is 0 Å². The van der Waals surface area contributed by atoms with E-state index in [0.29, 0.717) is 6.04 Å². The molecule has 2 rings (SSSR count). The van der Waals surface area contributed by atoms with Crippen LogP contribution in [0.3, 0.4) is 0 Å². The highest BCUT2D eigenvalue weighted by atomic mass is 32.1. The second kappa shape index (κ2) is 7.39. The Morgan fingerprint density at radius 3 is 2.84 bits per heavy atom. The van der Waals surface area contributed by atoms with Gasteiger partial charge in [-0.3, -0.25) is 0 Å². The number of aromatic nitrogens is 1. The van der Waals surface area contributed by atoms with E-state index in [2.05, 4.69) is 36.5 Å². The van der Waals surface area contributed by atoms with Crippen molar-refractivity contribution in [2.24, 2.45) is 11.8 Å². The Kier molecular flexibility index (Phi) is 5.83. The number of rotatable bonds is 6. The van der Waals surface area contributed by atoms with Gasteiger partial charge in [-0.25, -0.2) is 4.98 Å². The van der Waals surface area contributed by atoms with E-state index in [1.807, 2.05) is 0 Å². The van der Waals surface area contributed by atoms with Gasteiger partial charge in [0, 0.05) is 11.4 Å². The third-order valence-corrected chi connectivity index (χ3v) is 5.29. The number of nitrogens with one attached hydrogen (secondary N) is 1. The summed E-state index contributed by atoms with van der Waals surface area (Å²) in [6, 6.07) is 0.713. The molecule has 1 heterocycles. The molecule has 3 atom stereocenters. The van der Waals surface area contributed by atoms with Crippen LogP contribution in [-0.4, -0.2) is 17.6 Å². The zero-order chi connectivity index (χ0) is 13.7. The maximum atomic E-state index is 4.66. The Balaban J connectivity index is 1.97. The zero-order valence-electron chi connectivity index (χ0n) is 12.6. The van der Waals surface area contributed by atoms with Crippen LogP contribution in [0.4, 0.5) is 0 Å². The van der Waals surface area contributed by atoms with Crippen LogP contribution in [0.1, 0.15) is 56.7 Å². The van der Waals surface area contributed by atoms with E-state index in [4.69, 9.17) is 0 Å². The Morgan fingerprint density at radius 2 is 2.21 bits per heavy atom. The van der Waals surface area contributed by atoms with Crippen molar-refractivity contribution in [3.05, 3.63) is 16.1 Å². The van der Waals surface area contributed by atoms with Crippen molar-refractivity contribution in [1.82, 2.24) is 10.3 Å². The van der Waals surface area contributed by atoms with Crippen LogP contribution in [0.5, 0.6) is 0 Å². The molecular weight excluding hydrogens is 252 g/mol. The highest BCUT2D eigenvalue weighted by molar-refractivity contribution is 7.09. The SMILES string of the molecule is CCCNC1CCC(CC)CC1Cc1csc(C)n1. The van der Waals surface area contributed by atoms with Gasteiger partial charge in [-0.15, -0.1) is 11.3 Å². The molecule has 0 saturated heterocycles. The summed E-state index contributed by atoms with van der Waals surface area (Å²) < 4.78 is 0. The van der Waals surface area contributed by atoms with Gasteiger partial charge >= 0.3 is 0 Å². The van der Waals surface area contributed by atoms with Gasteiger partial charge in [-0.1, -0.05) is 20.3 Å². The van der Waals surface area contributed by atoms with Crippen molar-refractivity contribution in [1.29, 1.82) is 0 Å². The standard InChI is InChI=1S/C16H28N2S/c1-4-8-17-16-7-6-13(5-2)9-14(16)10-15-11-19-12(3)18-15/h11,13-14,16-17H,4-10H2,1-3H3. The molecule has 0 amide bonds. The summed E-state index contributed by atoms with van der Waals surface area (Å²) in [5, 5.41) is 7.22. The molecule has 108 valence electrons. The average Bonchev–Trinajstić information content (AvgIpc) is 2.82. The lowest BCUT2D eigenvalue weighted by molar-refractivity contribution is 0.197. The van der Waals surface area contributed by atoms with E-state index in [1.165, 1.54) is 49.2 Å². The summed E-state index contributed by atoms with van der Waals surface area (Å²) in [6.07, 6.45) is 7.89. The first-order valence-electron chi connectivity index (χ1n) is 7.87. The highest BCUT2D eigenvalue weighted by Crippen LogP contribution is 2.33. The summed E-state index contributed by atoms with van der Waals surface area (Å²) in [5.41, 5.74) is 1.31. The maximum Gasteiger partial charge on any atom is 0.0897 e. The van der Waals surface area contributed by atoms with Crippen LogP contribution in [0.15, 0.2) is 5.38 Å². The molecule has 3 heteroatoms. The van der Waals surface area contributed by atoms with Crippen molar-refractivity contribution < 1.29 is 0 Å². The Bertz CT molecular complexity index is 375. The third-order valence-electron chi connectivity index (χ3n) is 4.46. The minimum absolute atomic E-state index is 0.713. The summed E-state index contributed by atoms with van der Waals surface area (Å²) in [7, 11) is 0. The van der Waals surface area contributed by atoms with Crippen LogP contribution in [0.25, 0.3) is 0 Å². The first-order valence-corrected chi connectivity index (χ1v) is 8.75. The van der Waals surface area contributed by atoms with Crippen molar-refractivity contribution in [2.75, 3.05) is 6.54 Å². The van der Waals surface area contributed by atoms with Crippen molar-refractivity contribution in [3.63, 3.8) is 0 Å². The Morgan fingerprint density at radius 1 is 1.37 bits per heavy atom. The van der Waals surface area contributed by atoms with Gasteiger partial charge in [0.1, 0.15) is 0 Å². The van der Waals surface area contributed by atoms with E-state index < -0.39 is 0 Å². The van der Waals surface area contributed by atoms with Crippen LogP contribution < -0.4 is 5.32 Å². The summed E-state index contributed by atoms with van der Waals surface area (Å²) in [4.78, 5) is 4.66. The summed E-state index contributed by atoms with van der Waals surface area (Å²) in [5.74, 6) is 1.72. The van der Waals surface area contributed by atoms with Crippen molar-refractivity contribution in [2.45, 2.75) is 65.3 Å². The fourth-order valence-corrected chi connectivity index (χ4v) is 3.95. The third kappa shape index (κ3) is 4.28. The van der Waals surface area contributed by atoms with Gasteiger partial charge in [0.2, 0.25) is 0 Å². The van der Waals surface area contributed by atoms with Gasteiger partial charge in [0.05, 0.1) is 10.7 Å². The van der Waals surface area contributed by atoms with Gasteiger partial charge in [-0.05, 0) is 57.4 Å². The molecule has 0 spiro atoms. The molecule has 0 bridgehead atoms. The molecule has 0 aromatic carbocycles. The smallest absolute Gasteiger partial charge is 0.0897 e. The van der Waals surface area contributed by atoms with Crippen LogP contribution in [-0.2, 0) is 6.42 Å². The first kappa shape index (κ1) is 15.0. The molecular formula is C16H28N2S. The van der Waals surface area contributed by atoms with E-state index in [1.54, 1.807) is 11.3 Å². The molecule has 1 N–H and O–H groups in total. The summed E-state index contributed by atoms with van der Waals surface area (Å²) >= 11 is 1.79. The van der Waals surface area contributed by atoms with E-state index in [-0.39, 0.29) is 0 Å². The van der Waals surface area contributed by atoms with E-state index >= 15 is 0 Å². The second-order valence-corrected chi connectivity index (χ2v) is 7.03. The molecule has 1 aliphatic rings. The topological polar surface area (TPSA) is 24.9 Å². The lowest BCUT2D eigenvalue weighted by atomic mass is 9.75. The number of hydrogen-bond acceptors (Lipinski definition) is 3. The van der Waals surface area contributed by atoms with Gasteiger partial charge in [-0.2, -0.15) is 0 Å². The molecule has 1 saturated carbocycles. The highest BCUT2D eigenvalue weighted by Gasteiger charge is 2.29. The van der Waals surface area contributed by atoms with Gasteiger partial charge in [0.25, 0.3) is 0 Å². The molecule has 2 nitrogen and oxygen atoms in total. The molecule has 0 aliphatic heterocycles. The fourth-order valence-electron chi connectivity index (χ4n) is 3.33. The van der Waals surface area contributed by atoms with Crippen molar-refractivity contribution in [3.8, 4) is 0 Å². The molecule has 1 aromatic heterocycles. The lowest BCUT2D eigenvalue weighted by Gasteiger charge is -2.36. The first-order chi connectivity index (χ1) is 9.22. The predicted molar refractivity (Wildman–Crippen MR) is 83.8 cm³/mol. The zero-order valence-corrected chi connectivity index (χ0v) is 13.4. The van der Waals surface area contributed by atoms with Crippen LogP contribution in [0, 0.1) is 18.8 Å². The van der Waals surface area contributed by atoms with Crippen molar-refractivity contribution >= 4 is 11.3 Å². The Hall–Kier alpha value is -0.410. The molecule has 1 aromatic rings. The maximum absolute atomic E-state index is 4.66. The largest absolute Gasteiger partial charge is 0.314 e. The number of hydrogen-bond donors (Lipinski definition) is 1. The Labute approximate surface area is 122 Å². The van der Waals surface area contributed by atoms with Gasteiger partial charge in [0.15, 0.2) is 0 Å². The van der Waals surface area contributed by atoms with Crippen LogP contribution in [0.2, 0.25) is 0 Å². The quantitative estimate of drug-likeness (QED) is 0.845. The molecule has 1 fully saturated rings. The molecule has 19 heavy (non-hydrogen) atoms. The number of aryl methyl sites for hydroxylation is 1. The predicted octanol–water partition coefficient (Wildman–Crippen LogP) is 4.19. The van der Waals surface area contributed by atoms with Gasteiger partial charge < -0.3 is 5.32 Å². The monoisotopic (exact) mass is 280 g/mol. The summed E-state index contributed by atoms with van der Waals surface area (Å²) in [6.45, 7) is 7.86. The molecule has 3 unspecified atom stereocenters. The van der Waals surface area contributed by atoms with Crippen LogP contribution >= 0.6 is 11.3 Å². The normalized spacial score (nSPS) is 27.6. The average molecular weight is 280 g/mol. The van der Waals surface area contributed by atoms with E-state index in [0.717, 1.165) is 18.4 Å². The second-order valence-electron chi connectivity index (χ2n) is 5.97. The molecule has 1 aliphatic carbocycles. The molecule has 0 radical (unpaired) electrons. The lowest BCUT2D eigenvalue weighted by Crippen LogP contribution is -2.42. The minimum Gasteiger partial charge on any atom is -0.314 e. The fraction of sp³-hybridized carbons (Fsp3) is 0.812. The minimum atomic E-state index is 0.713. The number of thiazole rings is 1.